The van der Waals surface area contributed by atoms with Crippen molar-refractivity contribution in [3.63, 3.8) is 0 Å². The van der Waals surface area contributed by atoms with Gasteiger partial charge in [-0.1, -0.05) is 39.3 Å². The Morgan fingerprint density at radius 1 is 1.15 bits per heavy atom. The van der Waals surface area contributed by atoms with Gasteiger partial charge in [-0.05, 0) is 36.8 Å². The van der Waals surface area contributed by atoms with Crippen LogP contribution in [0.2, 0.25) is 0 Å². The van der Waals surface area contributed by atoms with Crippen LogP contribution in [0.15, 0.2) is 51.8 Å². The summed E-state index contributed by atoms with van der Waals surface area (Å²) >= 11 is 3.29. The van der Waals surface area contributed by atoms with Gasteiger partial charge in [0.25, 0.3) is 10.0 Å². The number of halogens is 1. The molecule has 3 aromatic rings. The molecule has 0 aliphatic rings. The molecule has 0 spiro atoms. The summed E-state index contributed by atoms with van der Waals surface area (Å²) in [6.07, 6.45) is 0. The molecule has 20 heavy (non-hydrogen) atoms. The SMILES string of the molecule is Cc1ccc(Br)cc1S(=O)(=O)n1nnc2ccccc21. The molecule has 2 aromatic carbocycles. The Labute approximate surface area is 124 Å². The van der Waals surface area contributed by atoms with E-state index in [4.69, 9.17) is 0 Å². The predicted molar refractivity (Wildman–Crippen MR) is 79.0 cm³/mol. The normalized spacial score (nSPS) is 11.9. The molecule has 1 heterocycles. The first kappa shape index (κ1) is 13.3. The van der Waals surface area contributed by atoms with Gasteiger partial charge in [0.2, 0.25) is 0 Å². The van der Waals surface area contributed by atoms with E-state index < -0.39 is 10.0 Å². The summed E-state index contributed by atoms with van der Waals surface area (Å²) in [7, 11) is -3.76. The minimum absolute atomic E-state index is 0.211. The smallest absolute Gasteiger partial charge is 0.199 e. The van der Waals surface area contributed by atoms with Gasteiger partial charge in [-0.25, -0.2) is 0 Å². The first-order valence-electron chi connectivity index (χ1n) is 5.82. The third-order valence-corrected chi connectivity index (χ3v) is 5.19. The lowest BCUT2D eigenvalue weighted by Crippen LogP contribution is -2.15. The van der Waals surface area contributed by atoms with Crippen LogP contribution in [0, 0.1) is 6.92 Å². The summed E-state index contributed by atoms with van der Waals surface area (Å²) in [6.45, 7) is 1.75. The molecule has 0 bridgehead atoms. The summed E-state index contributed by atoms with van der Waals surface area (Å²) < 4.78 is 27.1. The molecule has 0 aliphatic heterocycles. The number of fused-ring (bicyclic) bond motifs is 1. The first-order valence-corrected chi connectivity index (χ1v) is 8.05. The van der Waals surface area contributed by atoms with Crippen LogP contribution in [0.1, 0.15) is 5.56 Å². The highest BCUT2D eigenvalue weighted by Gasteiger charge is 2.23. The molecule has 0 atom stereocenters. The van der Waals surface area contributed by atoms with Gasteiger partial charge in [0.1, 0.15) is 11.0 Å². The zero-order chi connectivity index (χ0) is 14.3. The number of rotatable bonds is 2. The van der Waals surface area contributed by atoms with Crippen molar-refractivity contribution in [2.24, 2.45) is 0 Å². The van der Waals surface area contributed by atoms with Crippen molar-refractivity contribution in [1.29, 1.82) is 0 Å². The zero-order valence-electron chi connectivity index (χ0n) is 10.5. The van der Waals surface area contributed by atoms with Crippen molar-refractivity contribution in [1.82, 2.24) is 14.4 Å². The van der Waals surface area contributed by atoms with Gasteiger partial charge < -0.3 is 0 Å². The Bertz CT molecular complexity index is 903. The highest BCUT2D eigenvalue weighted by atomic mass is 79.9. The maximum absolute atomic E-state index is 12.7. The molecule has 0 amide bonds. The van der Waals surface area contributed by atoms with E-state index in [1.54, 1.807) is 49.4 Å². The zero-order valence-corrected chi connectivity index (χ0v) is 12.9. The van der Waals surface area contributed by atoms with Crippen LogP contribution in [0.25, 0.3) is 11.0 Å². The quantitative estimate of drug-likeness (QED) is 0.711. The van der Waals surface area contributed by atoms with Crippen molar-refractivity contribution in [2.45, 2.75) is 11.8 Å². The summed E-state index contributed by atoms with van der Waals surface area (Å²) in [5.74, 6) is 0. The molecular weight excluding hydrogens is 342 g/mol. The van der Waals surface area contributed by atoms with E-state index >= 15 is 0 Å². The summed E-state index contributed by atoms with van der Waals surface area (Å²) in [5, 5.41) is 7.66. The van der Waals surface area contributed by atoms with Crippen molar-refractivity contribution >= 4 is 37.0 Å². The lowest BCUT2D eigenvalue weighted by Gasteiger charge is -2.08. The number of aryl methyl sites for hydroxylation is 1. The van der Waals surface area contributed by atoms with Gasteiger partial charge in [0.15, 0.2) is 0 Å². The molecule has 0 saturated carbocycles. The molecule has 3 rings (SSSR count). The Morgan fingerprint density at radius 3 is 2.70 bits per heavy atom. The van der Waals surface area contributed by atoms with Gasteiger partial charge in [-0.15, -0.1) is 9.19 Å². The van der Waals surface area contributed by atoms with E-state index in [0.29, 0.717) is 21.1 Å². The number of benzene rings is 2. The van der Waals surface area contributed by atoms with Crippen LogP contribution in [-0.2, 0) is 10.0 Å². The molecule has 5 nitrogen and oxygen atoms in total. The van der Waals surface area contributed by atoms with Gasteiger partial charge >= 0.3 is 0 Å². The second-order valence-electron chi connectivity index (χ2n) is 4.34. The summed E-state index contributed by atoms with van der Waals surface area (Å²) in [4.78, 5) is 0.211. The monoisotopic (exact) mass is 351 g/mol. The van der Waals surface area contributed by atoms with Gasteiger partial charge in [-0.3, -0.25) is 0 Å². The summed E-state index contributed by atoms with van der Waals surface area (Å²) in [6, 6.07) is 12.1. The van der Waals surface area contributed by atoms with Crippen LogP contribution in [0.5, 0.6) is 0 Å². The van der Waals surface area contributed by atoms with Gasteiger partial charge in [-0.2, -0.15) is 8.42 Å². The average Bonchev–Trinajstić information content (AvgIpc) is 2.86. The first-order chi connectivity index (χ1) is 9.50. The molecule has 1 aromatic heterocycles. The highest BCUT2D eigenvalue weighted by molar-refractivity contribution is 9.10. The molecule has 0 N–H and O–H groups in total. The predicted octanol–water partition coefficient (Wildman–Crippen LogP) is 2.74. The fourth-order valence-electron chi connectivity index (χ4n) is 1.97. The average molecular weight is 352 g/mol. The fourth-order valence-corrected chi connectivity index (χ4v) is 3.97. The third kappa shape index (κ3) is 2.03. The van der Waals surface area contributed by atoms with Crippen LogP contribution in [0.4, 0.5) is 0 Å². The Balaban J connectivity index is 2.29. The van der Waals surface area contributed by atoms with Crippen LogP contribution in [0.3, 0.4) is 0 Å². The van der Waals surface area contributed by atoms with Gasteiger partial charge in [0.05, 0.1) is 4.90 Å². The van der Waals surface area contributed by atoms with Crippen molar-refractivity contribution in [2.75, 3.05) is 0 Å². The van der Waals surface area contributed by atoms with E-state index in [-0.39, 0.29) is 4.90 Å². The molecule has 7 heteroatoms. The summed E-state index contributed by atoms with van der Waals surface area (Å²) in [5.41, 5.74) is 1.67. The highest BCUT2D eigenvalue weighted by Crippen LogP contribution is 2.24. The molecule has 0 fully saturated rings. The molecule has 0 saturated heterocycles. The van der Waals surface area contributed by atoms with Crippen LogP contribution >= 0.6 is 15.9 Å². The lowest BCUT2D eigenvalue weighted by molar-refractivity contribution is 0.579. The van der Waals surface area contributed by atoms with E-state index in [1.807, 2.05) is 0 Å². The number of hydrogen-bond acceptors (Lipinski definition) is 4. The van der Waals surface area contributed by atoms with E-state index in [9.17, 15) is 8.42 Å². The van der Waals surface area contributed by atoms with E-state index in [0.717, 1.165) is 4.09 Å². The Hall–Kier alpha value is -1.73. The Kier molecular flexibility index (Phi) is 3.10. The minimum Gasteiger partial charge on any atom is -0.199 e. The number of aromatic nitrogens is 3. The second kappa shape index (κ2) is 4.68. The maximum atomic E-state index is 12.7. The van der Waals surface area contributed by atoms with Crippen molar-refractivity contribution < 1.29 is 8.42 Å². The standard InChI is InChI=1S/C13H10BrN3O2S/c1-9-6-7-10(14)8-13(9)20(18,19)17-12-5-3-2-4-11(12)15-16-17/h2-8H,1H3. The molecule has 0 unspecified atom stereocenters. The molecular formula is C13H10BrN3O2S. The van der Waals surface area contributed by atoms with Crippen molar-refractivity contribution in [3.8, 4) is 0 Å². The number of nitrogens with zero attached hydrogens (tertiary/aromatic N) is 3. The van der Waals surface area contributed by atoms with E-state index in [1.165, 1.54) is 0 Å². The maximum Gasteiger partial charge on any atom is 0.285 e. The third-order valence-electron chi connectivity index (χ3n) is 2.98. The largest absolute Gasteiger partial charge is 0.285 e. The Morgan fingerprint density at radius 2 is 1.90 bits per heavy atom. The second-order valence-corrected chi connectivity index (χ2v) is 6.99. The van der Waals surface area contributed by atoms with Crippen LogP contribution < -0.4 is 0 Å². The molecule has 0 aliphatic carbocycles. The topological polar surface area (TPSA) is 64.8 Å². The number of para-hydroxylation sites is 1. The van der Waals surface area contributed by atoms with Gasteiger partial charge in [0, 0.05) is 4.47 Å². The number of hydrogen-bond donors (Lipinski definition) is 0. The fraction of sp³-hybridized carbons (Fsp3) is 0.0769. The van der Waals surface area contributed by atoms with Crippen molar-refractivity contribution in [3.05, 3.63) is 52.5 Å². The minimum atomic E-state index is -3.76. The molecule has 0 radical (unpaired) electrons. The van der Waals surface area contributed by atoms with Crippen LogP contribution in [-0.4, -0.2) is 22.8 Å². The molecule has 102 valence electrons. The lowest BCUT2D eigenvalue weighted by atomic mass is 10.2. The van der Waals surface area contributed by atoms with E-state index in [2.05, 4.69) is 26.2 Å².